The van der Waals surface area contributed by atoms with Gasteiger partial charge in [-0.15, -0.1) is 0 Å². The fourth-order valence-electron chi connectivity index (χ4n) is 2.86. The number of halogens is 1. The summed E-state index contributed by atoms with van der Waals surface area (Å²) < 4.78 is 0. The molecule has 0 saturated heterocycles. The first-order valence-electron chi connectivity index (χ1n) is 9.23. The van der Waals surface area contributed by atoms with Crippen molar-refractivity contribution in [2.45, 2.75) is 6.42 Å². The molecule has 0 spiro atoms. The number of nitriles is 1. The topological polar surface area (TPSA) is 86.5 Å². The SMILES string of the molecule is N#C/C(=C1\NC(c2ccc(Cl)cc2)=CS1)c1ccnc(NCCc2cccnc2)n1. The average Bonchev–Trinajstić information content (AvgIpc) is 3.26. The quantitative estimate of drug-likeness (QED) is 0.545. The van der Waals surface area contributed by atoms with Crippen molar-refractivity contribution in [3.8, 4) is 6.07 Å². The molecule has 3 heterocycles. The Kier molecular flexibility index (Phi) is 6.28. The van der Waals surface area contributed by atoms with E-state index in [1.807, 2.05) is 48.0 Å². The molecule has 1 aliphatic heterocycles. The van der Waals surface area contributed by atoms with E-state index in [9.17, 15) is 5.26 Å². The van der Waals surface area contributed by atoms with Gasteiger partial charge in [0.1, 0.15) is 11.6 Å². The predicted molar refractivity (Wildman–Crippen MR) is 121 cm³/mol. The van der Waals surface area contributed by atoms with E-state index < -0.39 is 0 Å². The molecule has 1 aromatic carbocycles. The van der Waals surface area contributed by atoms with Crippen LogP contribution in [0.3, 0.4) is 0 Å². The van der Waals surface area contributed by atoms with Gasteiger partial charge in [0.2, 0.25) is 5.95 Å². The fraction of sp³-hybridized carbons (Fsp3) is 0.0909. The number of pyridine rings is 1. The van der Waals surface area contributed by atoms with E-state index in [0.29, 0.717) is 28.8 Å². The molecule has 0 bridgehead atoms. The van der Waals surface area contributed by atoms with Crippen molar-refractivity contribution < 1.29 is 0 Å². The van der Waals surface area contributed by atoms with Crippen LogP contribution in [0.4, 0.5) is 5.95 Å². The van der Waals surface area contributed by atoms with Crippen LogP contribution in [0, 0.1) is 11.3 Å². The molecule has 4 rings (SSSR count). The molecule has 30 heavy (non-hydrogen) atoms. The van der Waals surface area contributed by atoms with Gasteiger partial charge in [-0.3, -0.25) is 4.98 Å². The Bertz CT molecular complexity index is 1140. The van der Waals surface area contributed by atoms with E-state index >= 15 is 0 Å². The molecule has 8 heteroatoms. The summed E-state index contributed by atoms with van der Waals surface area (Å²) in [4.78, 5) is 12.9. The number of nitrogens with zero attached hydrogens (tertiary/aromatic N) is 4. The maximum atomic E-state index is 9.76. The van der Waals surface area contributed by atoms with Crippen LogP contribution in [0.5, 0.6) is 0 Å². The zero-order valence-corrected chi connectivity index (χ0v) is 17.4. The number of rotatable bonds is 6. The molecule has 2 N–H and O–H groups in total. The maximum Gasteiger partial charge on any atom is 0.223 e. The maximum absolute atomic E-state index is 9.76. The van der Waals surface area contributed by atoms with Crippen LogP contribution >= 0.6 is 23.4 Å². The van der Waals surface area contributed by atoms with Crippen molar-refractivity contribution in [3.05, 3.63) is 93.3 Å². The molecule has 0 amide bonds. The van der Waals surface area contributed by atoms with Crippen molar-refractivity contribution in [2.24, 2.45) is 0 Å². The molecule has 0 aliphatic carbocycles. The first-order valence-corrected chi connectivity index (χ1v) is 10.5. The van der Waals surface area contributed by atoms with Gasteiger partial charge in [-0.25, -0.2) is 9.97 Å². The second-order valence-corrected chi connectivity index (χ2v) is 7.72. The third-order valence-corrected chi connectivity index (χ3v) is 5.52. The average molecular weight is 433 g/mol. The number of anilines is 1. The third-order valence-electron chi connectivity index (χ3n) is 4.37. The zero-order valence-electron chi connectivity index (χ0n) is 15.8. The smallest absolute Gasteiger partial charge is 0.223 e. The van der Waals surface area contributed by atoms with Gasteiger partial charge in [0.15, 0.2) is 0 Å². The number of allylic oxidation sites excluding steroid dienone is 1. The van der Waals surface area contributed by atoms with E-state index in [-0.39, 0.29) is 0 Å². The first kappa shape index (κ1) is 20.0. The Morgan fingerprint density at radius 3 is 2.80 bits per heavy atom. The fourth-order valence-corrected chi connectivity index (χ4v) is 3.86. The minimum absolute atomic E-state index is 0.470. The molecule has 6 nitrogen and oxygen atoms in total. The van der Waals surface area contributed by atoms with Gasteiger partial charge >= 0.3 is 0 Å². The van der Waals surface area contributed by atoms with Crippen LogP contribution in [0.1, 0.15) is 16.8 Å². The molecule has 0 radical (unpaired) electrons. The molecule has 1 aliphatic rings. The zero-order chi connectivity index (χ0) is 20.8. The molecule has 0 atom stereocenters. The van der Waals surface area contributed by atoms with Crippen LogP contribution in [-0.4, -0.2) is 21.5 Å². The van der Waals surface area contributed by atoms with Gasteiger partial charge in [0.25, 0.3) is 0 Å². The third kappa shape index (κ3) is 4.79. The highest BCUT2D eigenvalue weighted by Crippen LogP contribution is 2.34. The Labute approximate surface area is 183 Å². The van der Waals surface area contributed by atoms with Crippen LogP contribution in [0.25, 0.3) is 11.3 Å². The van der Waals surface area contributed by atoms with Gasteiger partial charge in [0.05, 0.1) is 16.4 Å². The Hall–Kier alpha value is -3.34. The Morgan fingerprint density at radius 1 is 1.17 bits per heavy atom. The summed E-state index contributed by atoms with van der Waals surface area (Å²) in [5, 5.41) is 19.7. The van der Waals surface area contributed by atoms with Crippen molar-refractivity contribution >= 4 is 40.6 Å². The van der Waals surface area contributed by atoms with Crippen molar-refractivity contribution in [1.82, 2.24) is 20.3 Å². The van der Waals surface area contributed by atoms with Crippen molar-refractivity contribution in [2.75, 3.05) is 11.9 Å². The first-order chi connectivity index (χ1) is 14.7. The summed E-state index contributed by atoms with van der Waals surface area (Å²) in [6.45, 7) is 0.670. The van der Waals surface area contributed by atoms with Crippen molar-refractivity contribution in [1.29, 1.82) is 5.26 Å². The van der Waals surface area contributed by atoms with E-state index in [4.69, 9.17) is 11.6 Å². The minimum Gasteiger partial charge on any atom is -0.354 e. The molecular weight excluding hydrogens is 416 g/mol. The van der Waals surface area contributed by atoms with E-state index in [1.165, 1.54) is 11.8 Å². The molecule has 0 saturated carbocycles. The van der Waals surface area contributed by atoms with Gasteiger partial charge < -0.3 is 10.6 Å². The van der Waals surface area contributed by atoms with Crippen molar-refractivity contribution in [3.63, 3.8) is 0 Å². The second kappa shape index (κ2) is 9.44. The second-order valence-electron chi connectivity index (χ2n) is 6.40. The summed E-state index contributed by atoms with van der Waals surface area (Å²) in [6, 6.07) is 15.5. The lowest BCUT2D eigenvalue weighted by Gasteiger charge is -2.09. The Morgan fingerprint density at radius 2 is 2.03 bits per heavy atom. The lowest BCUT2D eigenvalue weighted by molar-refractivity contribution is 0.971. The number of hydrogen-bond acceptors (Lipinski definition) is 7. The number of aromatic nitrogens is 3. The predicted octanol–water partition coefficient (Wildman–Crippen LogP) is 4.71. The minimum atomic E-state index is 0.470. The molecule has 148 valence electrons. The number of nitrogens with one attached hydrogen (secondary N) is 2. The number of benzene rings is 1. The van der Waals surface area contributed by atoms with E-state index in [2.05, 4.69) is 31.7 Å². The molecular formula is C22H17ClN6S. The van der Waals surface area contributed by atoms with Crippen LogP contribution in [0.15, 0.2) is 71.5 Å². The van der Waals surface area contributed by atoms with Gasteiger partial charge in [0, 0.05) is 35.6 Å². The summed E-state index contributed by atoms with van der Waals surface area (Å²) in [5.74, 6) is 0.485. The van der Waals surface area contributed by atoms with Crippen LogP contribution in [0.2, 0.25) is 5.02 Å². The highest BCUT2D eigenvalue weighted by Gasteiger charge is 2.18. The van der Waals surface area contributed by atoms with Crippen LogP contribution in [-0.2, 0) is 6.42 Å². The van der Waals surface area contributed by atoms with Crippen LogP contribution < -0.4 is 10.6 Å². The summed E-state index contributed by atoms with van der Waals surface area (Å²) in [5.41, 5.74) is 4.09. The normalized spacial score (nSPS) is 14.5. The van der Waals surface area contributed by atoms with E-state index in [0.717, 1.165) is 28.3 Å². The highest BCUT2D eigenvalue weighted by molar-refractivity contribution is 8.06. The molecule has 2 aromatic heterocycles. The standard InChI is InChI=1S/C22H17ClN6S/c23-17-5-3-16(4-6-17)20-14-30-21(28-20)18(12-24)19-8-11-27-22(29-19)26-10-7-15-2-1-9-25-13-15/h1-6,8-9,11,13-14,28H,7,10H2,(H,26,27,29)/b21-18-. The molecule has 0 unspecified atom stereocenters. The number of hydrogen-bond donors (Lipinski definition) is 2. The monoisotopic (exact) mass is 432 g/mol. The highest BCUT2D eigenvalue weighted by atomic mass is 35.5. The Balaban J connectivity index is 1.46. The van der Waals surface area contributed by atoms with Gasteiger partial charge in [-0.05, 0) is 41.8 Å². The van der Waals surface area contributed by atoms with Gasteiger partial charge in [-0.1, -0.05) is 41.6 Å². The molecule has 3 aromatic rings. The lowest BCUT2D eigenvalue weighted by atomic mass is 10.1. The molecule has 0 fully saturated rings. The number of thioether (sulfide) groups is 1. The van der Waals surface area contributed by atoms with Gasteiger partial charge in [-0.2, -0.15) is 5.26 Å². The summed E-state index contributed by atoms with van der Waals surface area (Å²) in [7, 11) is 0. The summed E-state index contributed by atoms with van der Waals surface area (Å²) >= 11 is 7.43. The lowest BCUT2D eigenvalue weighted by Crippen LogP contribution is -2.10. The summed E-state index contributed by atoms with van der Waals surface area (Å²) in [6.07, 6.45) is 6.05. The van der Waals surface area contributed by atoms with E-state index in [1.54, 1.807) is 18.5 Å². The largest absolute Gasteiger partial charge is 0.354 e.